The van der Waals surface area contributed by atoms with Gasteiger partial charge in [0.2, 0.25) is 6.10 Å². The highest BCUT2D eigenvalue weighted by atomic mass is 16.5. The lowest BCUT2D eigenvalue weighted by molar-refractivity contribution is -0.125. The Morgan fingerprint density at radius 1 is 0.929 bits per heavy atom. The van der Waals surface area contributed by atoms with E-state index in [4.69, 9.17) is 9.84 Å². The van der Waals surface area contributed by atoms with Crippen molar-refractivity contribution in [3.05, 3.63) is 101 Å². The van der Waals surface area contributed by atoms with Gasteiger partial charge in [0, 0.05) is 11.3 Å². The Balaban J connectivity index is 1.81. The lowest BCUT2D eigenvalue weighted by Gasteiger charge is -2.18. The first-order valence-electron chi connectivity index (χ1n) is 8.90. The van der Waals surface area contributed by atoms with Gasteiger partial charge in [-0.25, -0.2) is 4.79 Å². The van der Waals surface area contributed by atoms with Crippen molar-refractivity contribution in [2.45, 2.75) is 19.6 Å². The van der Waals surface area contributed by atoms with Crippen molar-refractivity contribution in [1.82, 2.24) is 0 Å². The van der Waals surface area contributed by atoms with Crippen LogP contribution in [0.2, 0.25) is 0 Å². The van der Waals surface area contributed by atoms with E-state index < -0.39 is 18.0 Å². The zero-order valence-corrected chi connectivity index (χ0v) is 15.5. The van der Waals surface area contributed by atoms with Gasteiger partial charge in [0.15, 0.2) is 0 Å². The number of hydrogen-bond donors (Lipinski definition) is 2. The van der Waals surface area contributed by atoms with Gasteiger partial charge in [0.25, 0.3) is 5.91 Å². The van der Waals surface area contributed by atoms with Crippen LogP contribution in [0.3, 0.4) is 0 Å². The highest BCUT2D eigenvalue weighted by Gasteiger charge is 2.25. The van der Waals surface area contributed by atoms with Crippen molar-refractivity contribution in [1.29, 1.82) is 0 Å². The second kappa shape index (κ2) is 8.97. The van der Waals surface area contributed by atoms with E-state index in [1.807, 2.05) is 25.1 Å². The van der Waals surface area contributed by atoms with Crippen LogP contribution in [0, 0.1) is 6.92 Å². The maximum Gasteiger partial charge on any atom is 0.339 e. The van der Waals surface area contributed by atoms with Gasteiger partial charge in [0.1, 0.15) is 0 Å². The minimum atomic E-state index is -1.09. The first kappa shape index (κ1) is 19.3. The van der Waals surface area contributed by atoms with E-state index in [-0.39, 0.29) is 6.61 Å². The molecule has 0 aromatic heterocycles. The van der Waals surface area contributed by atoms with Crippen molar-refractivity contribution in [2.24, 2.45) is 0 Å². The Bertz CT molecular complexity index is 935. The van der Waals surface area contributed by atoms with Crippen molar-refractivity contribution >= 4 is 17.6 Å². The first-order valence-corrected chi connectivity index (χ1v) is 8.90. The number of nitrogens with one attached hydrogen (secondary N) is 1. The zero-order chi connectivity index (χ0) is 19.9. The van der Waals surface area contributed by atoms with E-state index in [0.717, 1.165) is 5.56 Å². The molecule has 1 amide bonds. The molecule has 3 aromatic carbocycles. The molecule has 0 saturated heterocycles. The molecule has 0 bridgehead atoms. The summed E-state index contributed by atoms with van der Waals surface area (Å²) in [5.74, 6) is -1.05. The highest BCUT2D eigenvalue weighted by molar-refractivity contribution is 5.98. The molecule has 142 valence electrons. The average Bonchev–Trinajstić information content (AvgIpc) is 2.74. The number of esters is 1. The van der Waals surface area contributed by atoms with Gasteiger partial charge in [-0.2, -0.15) is 0 Å². The minimum absolute atomic E-state index is 0.110. The quantitative estimate of drug-likeness (QED) is 0.638. The molecule has 0 aliphatic heterocycles. The number of rotatable bonds is 6. The summed E-state index contributed by atoms with van der Waals surface area (Å²) in [7, 11) is 0. The zero-order valence-electron chi connectivity index (χ0n) is 15.5. The predicted octanol–water partition coefficient (Wildman–Crippen LogP) is 4.02. The van der Waals surface area contributed by atoms with Crippen LogP contribution in [-0.4, -0.2) is 17.0 Å². The number of aliphatic hydroxyl groups excluding tert-OH is 1. The summed E-state index contributed by atoms with van der Waals surface area (Å²) in [5, 5.41) is 11.9. The Morgan fingerprint density at radius 3 is 2.18 bits per heavy atom. The van der Waals surface area contributed by atoms with Crippen LogP contribution in [0.4, 0.5) is 5.69 Å². The summed E-state index contributed by atoms with van der Waals surface area (Å²) in [5.41, 5.74) is 3.28. The van der Waals surface area contributed by atoms with Crippen molar-refractivity contribution in [3.8, 4) is 0 Å². The molecule has 2 N–H and O–H groups in total. The monoisotopic (exact) mass is 375 g/mol. The summed E-state index contributed by atoms with van der Waals surface area (Å²) in [6.07, 6.45) is -1.09. The van der Waals surface area contributed by atoms with E-state index in [1.165, 1.54) is 0 Å². The lowest BCUT2D eigenvalue weighted by atomic mass is 10.1. The van der Waals surface area contributed by atoms with E-state index >= 15 is 0 Å². The molecule has 0 fully saturated rings. The number of carbonyl (C=O) groups is 2. The molecule has 5 heteroatoms. The molecule has 0 spiro atoms. The molecule has 3 aromatic rings. The molecule has 3 rings (SSSR count). The lowest BCUT2D eigenvalue weighted by Crippen LogP contribution is -2.26. The molecular weight excluding hydrogens is 354 g/mol. The van der Waals surface area contributed by atoms with Crippen LogP contribution in [0.5, 0.6) is 0 Å². The van der Waals surface area contributed by atoms with E-state index in [0.29, 0.717) is 22.4 Å². The van der Waals surface area contributed by atoms with E-state index in [2.05, 4.69) is 5.32 Å². The third-order valence-electron chi connectivity index (χ3n) is 4.26. The molecule has 0 radical (unpaired) electrons. The van der Waals surface area contributed by atoms with Crippen LogP contribution in [0.25, 0.3) is 0 Å². The second-order valence-corrected chi connectivity index (χ2v) is 6.41. The predicted molar refractivity (Wildman–Crippen MR) is 107 cm³/mol. The van der Waals surface area contributed by atoms with Crippen LogP contribution < -0.4 is 5.32 Å². The number of hydrogen-bond acceptors (Lipinski definition) is 4. The number of ether oxygens (including phenoxy) is 1. The van der Waals surface area contributed by atoms with Crippen molar-refractivity contribution in [2.75, 3.05) is 5.32 Å². The van der Waals surface area contributed by atoms with Gasteiger partial charge in [-0.05, 0) is 36.8 Å². The van der Waals surface area contributed by atoms with Crippen LogP contribution in [-0.2, 0) is 16.1 Å². The second-order valence-electron chi connectivity index (χ2n) is 6.41. The fraction of sp³-hybridized carbons (Fsp3) is 0.130. The number of aliphatic hydroxyl groups is 1. The number of aryl methyl sites for hydroxylation is 1. The third-order valence-corrected chi connectivity index (χ3v) is 4.26. The molecule has 1 atom stereocenters. The molecule has 0 saturated carbocycles. The molecule has 5 nitrogen and oxygen atoms in total. The normalized spacial score (nSPS) is 11.5. The van der Waals surface area contributed by atoms with Crippen LogP contribution >= 0.6 is 0 Å². The number of anilines is 1. The maximum atomic E-state index is 12.8. The fourth-order valence-electron chi connectivity index (χ4n) is 2.67. The van der Waals surface area contributed by atoms with Crippen molar-refractivity contribution < 1.29 is 19.4 Å². The van der Waals surface area contributed by atoms with Gasteiger partial charge >= 0.3 is 5.97 Å². The Kier molecular flexibility index (Phi) is 6.19. The van der Waals surface area contributed by atoms with Crippen molar-refractivity contribution in [3.63, 3.8) is 0 Å². The molecule has 1 unspecified atom stereocenters. The summed E-state index contributed by atoms with van der Waals surface area (Å²) < 4.78 is 5.54. The van der Waals surface area contributed by atoms with E-state index in [9.17, 15) is 9.59 Å². The van der Waals surface area contributed by atoms with Gasteiger partial charge in [0.05, 0.1) is 12.2 Å². The van der Waals surface area contributed by atoms with Gasteiger partial charge in [-0.15, -0.1) is 0 Å². The average molecular weight is 375 g/mol. The highest BCUT2D eigenvalue weighted by Crippen LogP contribution is 2.22. The maximum absolute atomic E-state index is 12.8. The Hall–Kier alpha value is -3.44. The number of amides is 1. The third kappa shape index (κ3) is 4.84. The molecule has 0 heterocycles. The summed E-state index contributed by atoms with van der Waals surface area (Å²) in [6, 6.07) is 22.6. The van der Waals surface area contributed by atoms with Gasteiger partial charge < -0.3 is 15.2 Å². The van der Waals surface area contributed by atoms with Crippen LogP contribution in [0.15, 0.2) is 78.9 Å². The minimum Gasteiger partial charge on any atom is -0.444 e. The topological polar surface area (TPSA) is 75.6 Å². The smallest absolute Gasteiger partial charge is 0.339 e. The SMILES string of the molecule is Cc1ccc(NC(=O)C(OC(=O)c2ccc(CO)cc2)c2ccccc2)cc1. The molecule has 28 heavy (non-hydrogen) atoms. The summed E-state index contributed by atoms with van der Waals surface area (Å²) in [6.45, 7) is 1.85. The number of carbonyl (C=O) groups excluding carboxylic acids is 2. The number of benzene rings is 3. The van der Waals surface area contributed by atoms with Crippen LogP contribution in [0.1, 0.15) is 33.2 Å². The first-order chi connectivity index (χ1) is 13.6. The summed E-state index contributed by atoms with van der Waals surface area (Å²) in [4.78, 5) is 25.4. The fourth-order valence-corrected chi connectivity index (χ4v) is 2.67. The Labute approximate surface area is 163 Å². The van der Waals surface area contributed by atoms with Gasteiger partial charge in [-0.1, -0.05) is 60.2 Å². The standard InChI is InChI=1S/C23H21NO4/c1-16-7-13-20(14-8-16)24-22(26)21(18-5-3-2-4-6-18)28-23(27)19-11-9-17(15-25)10-12-19/h2-14,21,25H,15H2,1H3,(H,24,26). The van der Waals surface area contributed by atoms with Gasteiger partial charge in [-0.3, -0.25) is 4.79 Å². The molecule has 0 aliphatic carbocycles. The van der Waals surface area contributed by atoms with E-state index in [1.54, 1.807) is 60.7 Å². The molecular formula is C23H21NO4. The summed E-state index contributed by atoms with van der Waals surface area (Å²) >= 11 is 0. The Morgan fingerprint density at radius 2 is 1.57 bits per heavy atom. The molecule has 0 aliphatic rings. The largest absolute Gasteiger partial charge is 0.444 e.